The summed E-state index contributed by atoms with van der Waals surface area (Å²) in [5.41, 5.74) is 0. The number of carboxylic acid groups (broad SMARTS) is 1. The Hall–Kier alpha value is -1.34. The minimum absolute atomic E-state index is 0.0858. The molecule has 2 aliphatic heterocycles. The van der Waals surface area contributed by atoms with Crippen LogP contribution < -0.4 is 5.32 Å². The van der Waals surface area contributed by atoms with Crippen molar-refractivity contribution in [1.29, 1.82) is 0 Å². The molecule has 0 spiro atoms. The maximum atomic E-state index is 12.3. The van der Waals surface area contributed by atoms with Gasteiger partial charge in [0.05, 0.1) is 31.8 Å². The fourth-order valence-corrected chi connectivity index (χ4v) is 2.99. The molecule has 2 amide bonds. The summed E-state index contributed by atoms with van der Waals surface area (Å²) in [5.74, 6) is -0.573. The van der Waals surface area contributed by atoms with Crippen molar-refractivity contribution >= 4 is 12.0 Å². The first kappa shape index (κ1) is 16.0. The number of nitrogens with zero attached hydrogens (tertiary/aromatic N) is 1. The van der Waals surface area contributed by atoms with E-state index in [1.807, 2.05) is 0 Å². The Morgan fingerprint density at radius 3 is 2.90 bits per heavy atom. The standard InChI is InChI=1S/C14H24N2O5/c1-2-12-10(3-5-21-12)8-15-14(19)16-4-6-20-9-11(16)7-13(17)18/h10-12H,2-9H2,1H3,(H,15,19)(H,17,18). The second-order valence-corrected chi connectivity index (χ2v) is 5.57. The van der Waals surface area contributed by atoms with Gasteiger partial charge in [-0.2, -0.15) is 0 Å². The molecule has 3 atom stereocenters. The zero-order valence-electron chi connectivity index (χ0n) is 12.4. The zero-order chi connectivity index (χ0) is 15.2. The van der Waals surface area contributed by atoms with Gasteiger partial charge in [-0.1, -0.05) is 6.92 Å². The lowest BCUT2D eigenvalue weighted by Crippen LogP contribution is -2.53. The van der Waals surface area contributed by atoms with Crippen LogP contribution >= 0.6 is 0 Å². The Labute approximate surface area is 124 Å². The monoisotopic (exact) mass is 300 g/mol. The molecule has 2 heterocycles. The molecule has 0 aromatic rings. The number of urea groups is 1. The minimum atomic E-state index is -0.918. The Kier molecular flexibility index (Phi) is 5.81. The Morgan fingerprint density at radius 1 is 1.38 bits per heavy atom. The SMILES string of the molecule is CCC1OCCC1CNC(=O)N1CCOCC1CC(=O)O. The maximum absolute atomic E-state index is 12.3. The van der Waals surface area contributed by atoms with E-state index in [-0.39, 0.29) is 25.2 Å². The first-order chi connectivity index (χ1) is 10.1. The van der Waals surface area contributed by atoms with Gasteiger partial charge < -0.3 is 24.8 Å². The Balaban J connectivity index is 1.84. The molecule has 2 rings (SSSR count). The summed E-state index contributed by atoms with van der Waals surface area (Å²) in [6.45, 7) is 4.57. The van der Waals surface area contributed by atoms with Crippen LogP contribution in [-0.2, 0) is 14.3 Å². The Bertz CT molecular complexity index is 376. The summed E-state index contributed by atoms with van der Waals surface area (Å²) in [6, 6.07) is -0.593. The van der Waals surface area contributed by atoms with Crippen LogP contribution in [0.4, 0.5) is 4.79 Å². The summed E-state index contributed by atoms with van der Waals surface area (Å²) >= 11 is 0. The molecule has 2 aliphatic rings. The highest BCUT2D eigenvalue weighted by Crippen LogP contribution is 2.22. The molecule has 0 aliphatic carbocycles. The Morgan fingerprint density at radius 2 is 2.19 bits per heavy atom. The fraction of sp³-hybridized carbons (Fsp3) is 0.857. The van der Waals surface area contributed by atoms with Crippen LogP contribution in [-0.4, -0.2) is 67.1 Å². The molecule has 0 radical (unpaired) electrons. The highest BCUT2D eigenvalue weighted by atomic mass is 16.5. The molecule has 7 heteroatoms. The van der Waals surface area contributed by atoms with Gasteiger partial charge in [-0.3, -0.25) is 4.79 Å². The number of carbonyl (C=O) groups excluding carboxylic acids is 1. The minimum Gasteiger partial charge on any atom is -0.481 e. The first-order valence-electron chi connectivity index (χ1n) is 7.57. The van der Waals surface area contributed by atoms with Crippen LogP contribution in [0, 0.1) is 5.92 Å². The average molecular weight is 300 g/mol. The molecular formula is C14H24N2O5. The molecule has 7 nitrogen and oxygen atoms in total. The number of hydrogen-bond donors (Lipinski definition) is 2. The van der Waals surface area contributed by atoms with Gasteiger partial charge >= 0.3 is 12.0 Å². The van der Waals surface area contributed by atoms with Crippen molar-refractivity contribution in [2.45, 2.75) is 38.3 Å². The van der Waals surface area contributed by atoms with Crippen LogP contribution in [0.1, 0.15) is 26.2 Å². The predicted octanol–water partition coefficient (Wildman–Crippen LogP) is 0.687. The summed E-state index contributed by atoms with van der Waals surface area (Å²) in [7, 11) is 0. The van der Waals surface area contributed by atoms with E-state index in [2.05, 4.69) is 12.2 Å². The van der Waals surface area contributed by atoms with E-state index in [1.165, 1.54) is 0 Å². The van der Waals surface area contributed by atoms with Crippen molar-refractivity contribution in [2.24, 2.45) is 5.92 Å². The zero-order valence-corrected chi connectivity index (χ0v) is 12.4. The van der Waals surface area contributed by atoms with Gasteiger partial charge in [-0.25, -0.2) is 4.79 Å². The van der Waals surface area contributed by atoms with E-state index in [1.54, 1.807) is 4.90 Å². The lowest BCUT2D eigenvalue weighted by Gasteiger charge is -2.35. The second-order valence-electron chi connectivity index (χ2n) is 5.57. The van der Waals surface area contributed by atoms with Crippen molar-refractivity contribution in [3.8, 4) is 0 Å². The normalized spacial score (nSPS) is 29.4. The predicted molar refractivity (Wildman–Crippen MR) is 75.1 cm³/mol. The van der Waals surface area contributed by atoms with Crippen molar-refractivity contribution in [2.75, 3.05) is 32.9 Å². The van der Waals surface area contributed by atoms with Crippen LogP contribution in [0.2, 0.25) is 0 Å². The quantitative estimate of drug-likeness (QED) is 0.780. The third kappa shape index (κ3) is 4.31. The van der Waals surface area contributed by atoms with Gasteiger partial charge in [-0.05, 0) is 12.8 Å². The number of hydrogen-bond acceptors (Lipinski definition) is 4. The number of nitrogens with one attached hydrogen (secondary N) is 1. The third-order valence-electron chi connectivity index (χ3n) is 4.16. The lowest BCUT2D eigenvalue weighted by atomic mass is 10.00. The number of amides is 2. The van der Waals surface area contributed by atoms with Crippen molar-refractivity contribution in [3.63, 3.8) is 0 Å². The van der Waals surface area contributed by atoms with E-state index >= 15 is 0 Å². The van der Waals surface area contributed by atoms with Crippen molar-refractivity contribution in [3.05, 3.63) is 0 Å². The van der Waals surface area contributed by atoms with E-state index in [9.17, 15) is 9.59 Å². The van der Waals surface area contributed by atoms with Gasteiger partial charge in [-0.15, -0.1) is 0 Å². The number of carbonyl (C=O) groups is 2. The molecule has 2 fully saturated rings. The van der Waals surface area contributed by atoms with Gasteiger partial charge in [0, 0.05) is 25.6 Å². The van der Waals surface area contributed by atoms with Crippen molar-refractivity contribution in [1.82, 2.24) is 10.2 Å². The van der Waals surface area contributed by atoms with Gasteiger partial charge in [0.25, 0.3) is 0 Å². The third-order valence-corrected chi connectivity index (χ3v) is 4.16. The number of rotatable bonds is 5. The fourth-order valence-electron chi connectivity index (χ4n) is 2.99. The van der Waals surface area contributed by atoms with Crippen LogP contribution in [0.15, 0.2) is 0 Å². The van der Waals surface area contributed by atoms with Gasteiger partial charge in [0.1, 0.15) is 0 Å². The largest absolute Gasteiger partial charge is 0.481 e. The molecule has 0 saturated carbocycles. The molecule has 0 bridgehead atoms. The summed E-state index contributed by atoms with van der Waals surface area (Å²) in [4.78, 5) is 24.7. The van der Waals surface area contributed by atoms with E-state index < -0.39 is 12.0 Å². The summed E-state index contributed by atoms with van der Waals surface area (Å²) in [6.07, 6.45) is 2.03. The summed E-state index contributed by atoms with van der Waals surface area (Å²) < 4.78 is 10.9. The molecule has 0 aromatic heterocycles. The highest BCUT2D eigenvalue weighted by molar-refractivity contribution is 5.76. The topological polar surface area (TPSA) is 88.1 Å². The molecule has 2 N–H and O–H groups in total. The van der Waals surface area contributed by atoms with E-state index in [0.717, 1.165) is 19.4 Å². The molecule has 21 heavy (non-hydrogen) atoms. The number of carboxylic acids is 1. The van der Waals surface area contributed by atoms with Crippen LogP contribution in [0.25, 0.3) is 0 Å². The number of morpholine rings is 1. The molecular weight excluding hydrogens is 276 g/mol. The average Bonchev–Trinajstić information content (AvgIpc) is 2.92. The number of ether oxygens (including phenoxy) is 2. The number of aliphatic carboxylic acids is 1. The lowest BCUT2D eigenvalue weighted by molar-refractivity contribution is -0.139. The van der Waals surface area contributed by atoms with Gasteiger partial charge in [0.2, 0.25) is 0 Å². The van der Waals surface area contributed by atoms with Crippen LogP contribution in [0.3, 0.4) is 0 Å². The van der Waals surface area contributed by atoms with Gasteiger partial charge in [0.15, 0.2) is 0 Å². The molecule has 120 valence electrons. The molecule has 0 aromatic carbocycles. The molecule has 2 saturated heterocycles. The smallest absolute Gasteiger partial charge is 0.317 e. The second kappa shape index (κ2) is 7.61. The van der Waals surface area contributed by atoms with E-state index in [0.29, 0.717) is 25.6 Å². The van der Waals surface area contributed by atoms with E-state index in [4.69, 9.17) is 14.6 Å². The van der Waals surface area contributed by atoms with Crippen LogP contribution in [0.5, 0.6) is 0 Å². The highest BCUT2D eigenvalue weighted by Gasteiger charge is 2.31. The van der Waals surface area contributed by atoms with Crippen molar-refractivity contribution < 1.29 is 24.2 Å². The maximum Gasteiger partial charge on any atom is 0.317 e. The first-order valence-corrected chi connectivity index (χ1v) is 7.57. The molecule has 3 unspecified atom stereocenters. The summed E-state index contributed by atoms with van der Waals surface area (Å²) in [5, 5.41) is 11.8.